The molecule has 1 amide bonds. The second-order valence-electron chi connectivity index (χ2n) is 7.81. The van der Waals surface area contributed by atoms with E-state index < -0.39 is 5.82 Å². The molecule has 1 N–H and O–H groups in total. The van der Waals surface area contributed by atoms with Crippen LogP contribution in [0.15, 0.2) is 54.6 Å². The summed E-state index contributed by atoms with van der Waals surface area (Å²) in [6.07, 6.45) is 0.868. The first-order valence-electron chi connectivity index (χ1n) is 10.4. The van der Waals surface area contributed by atoms with E-state index >= 15 is 0 Å². The highest BCUT2D eigenvalue weighted by Crippen LogP contribution is 2.31. The van der Waals surface area contributed by atoms with Gasteiger partial charge in [-0.15, -0.1) is 11.3 Å². The van der Waals surface area contributed by atoms with Gasteiger partial charge in [0.05, 0.1) is 21.9 Å². The van der Waals surface area contributed by atoms with Crippen molar-refractivity contribution in [1.29, 1.82) is 0 Å². The number of anilines is 2. The zero-order valence-electron chi connectivity index (χ0n) is 17.5. The summed E-state index contributed by atoms with van der Waals surface area (Å²) in [4.78, 5) is 27.6. The molecule has 4 aromatic rings. The van der Waals surface area contributed by atoms with E-state index in [-0.39, 0.29) is 11.7 Å². The van der Waals surface area contributed by atoms with Crippen LogP contribution in [0.1, 0.15) is 28.2 Å². The second-order valence-corrected chi connectivity index (χ2v) is 8.84. The van der Waals surface area contributed by atoms with Gasteiger partial charge < -0.3 is 10.2 Å². The fraction of sp³-hybridized carbons (Fsp3) is 0.208. The van der Waals surface area contributed by atoms with E-state index in [2.05, 4.69) is 10.4 Å². The van der Waals surface area contributed by atoms with E-state index in [1.54, 1.807) is 12.1 Å². The van der Waals surface area contributed by atoms with Crippen LogP contribution < -0.4 is 10.2 Å². The highest BCUT2D eigenvalue weighted by atomic mass is 32.1. The van der Waals surface area contributed by atoms with E-state index in [1.807, 2.05) is 52.9 Å². The van der Waals surface area contributed by atoms with E-state index in [0.717, 1.165) is 21.6 Å². The van der Waals surface area contributed by atoms with Crippen molar-refractivity contribution in [3.63, 3.8) is 0 Å². The number of rotatable bonds is 4. The van der Waals surface area contributed by atoms with Crippen molar-refractivity contribution in [2.24, 2.45) is 0 Å². The van der Waals surface area contributed by atoms with E-state index in [1.165, 1.54) is 17.4 Å². The van der Waals surface area contributed by atoms with Crippen molar-refractivity contribution in [1.82, 2.24) is 9.78 Å². The van der Waals surface area contributed by atoms with Gasteiger partial charge in [0.15, 0.2) is 0 Å². The van der Waals surface area contributed by atoms with Gasteiger partial charge in [-0.1, -0.05) is 18.2 Å². The third-order valence-electron chi connectivity index (χ3n) is 5.64. The number of fused-ring (bicyclic) bond motifs is 1. The first kappa shape index (κ1) is 20.4. The van der Waals surface area contributed by atoms with Gasteiger partial charge in [-0.25, -0.2) is 9.07 Å². The largest absolute Gasteiger partial charge is 0.368 e. The summed E-state index contributed by atoms with van der Waals surface area (Å²) >= 11 is 1.35. The number of nitrogens with one attached hydrogen (secondary N) is 1. The lowest BCUT2D eigenvalue weighted by atomic mass is 10.1. The lowest BCUT2D eigenvalue weighted by Crippen LogP contribution is -2.34. The van der Waals surface area contributed by atoms with Gasteiger partial charge in [-0.2, -0.15) is 5.10 Å². The van der Waals surface area contributed by atoms with Gasteiger partial charge in [0, 0.05) is 37.0 Å². The molecule has 1 fully saturated rings. The summed E-state index contributed by atoms with van der Waals surface area (Å²) in [5.41, 5.74) is 2.62. The topological polar surface area (TPSA) is 67.2 Å². The maximum atomic E-state index is 14.7. The molecular formula is C24H21FN4O2S. The molecule has 32 heavy (non-hydrogen) atoms. The standard InChI is InChI=1S/C24H21FN4O2S/c1-15-19-14-22(32-24(19)29(27-15)17-5-3-2-4-6-17)23(31)26-16-7-8-21(20(25)13-16)28-11-9-18(30)10-12-28/h2-8,13-14H,9-12H2,1H3,(H,26,31). The predicted molar refractivity (Wildman–Crippen MR) is 124 cm³/mol. The number of thiophene rings is 1. The van der Waals surface area contributed by atoms with Crippen molar-refractivity contribution in [2.45, 2.75) is 19.8 Å². The van der Waals surface area contributed by atoms with Crippen LogP contribution in [-0.4, -0.2) is 34.6 Å². The number of para-hydroxylation sites is 1. The molecule has 1 aliphatic rings. The molecule has 8 heteroatoms. The number of Topliss-reactive ketones (excluding diaryl/α,β-unsaturated/α-hetero) is 1. The van der Waals surface area contributed by atoms with Crippen LogP contribution in [0.2, 0.25) is 0 Å². The number of ketones is 1. The fourth-order valence-electron chi connectivity index (χ4n) is 3.93. The molecule has 162 valence electrons. The number of aryl methyl sites for hydroxylation is 1. The Morgan fingerprint density at radius 1 is 1.09 bits per heavy atom. The highest BCUT2D eigenvalue weighted by Gasteiger charge is 2.20. The Balaban J connectivity index is 1.37. The van der Waals surface area contributed by atoms with Crippen molar-refractivity contribution < 1.29 is 14.0 Å². The van der Waals surface area contributed by atoms with Crippen molar-refractivity contribution >= 4 is 44.6 Å². The van der Waals surface area contributed by atoms with Crippen LogP contribution in [0.5, 0.6) is 0 Å². The van der Waals surface area contributed by atoms with Crippen LogP contribution in [-0.2, 0) is 4.79 Å². The minimum Gasteiger partial charge on any atom is -0.368 e. The van der Waals surface area contributed by atoms with Crippen LogP contribution in [0.4, 0.5) is 15.8 Å². The average Bonchev–Trinajstić information content (AvgIpc) is 3.36. The lowest BCUT2D eigenvalue weighted by molar-refractivity contribution is -0.119. The van der Waals surface area contributed by atoms with Crippen LogP contribution in [0.25, 0.3) is 15.9 Å². The monoisotopic (exact) mass is 448 g/mol. The third-order valence-corrected chi connectivity index (χ3v) is 6.75. The Labute approximate surface area is 188 Å². The quantitative estimate of drug-likeness (QED) is 0.479. The van der Waals surface area contributed by atoms with Crippen LogP contribution in [0, 0.1) is 12.7 Å². The van der Waals surface area contributed by atoms with Gasteiger partial charge >= 0.3 is 0 Å². The van der Waals surface area contributed by atoms with Crippen molar-refractivity contribution in [2.75, 3.05) is 23.3 Å². The van der Waals surface area contributed by atoms with Crippen molar-refractivity contribution in [3.05, 3.63) is 71.0 Å². The molecule has 5 rings (SSSR count). The summed E-state index contributed by atoms with van der Waals surface area (Å²) in [7, 11) is 0. The Hall–Kier alpha value is -3.52. The predicted octanol–water partition coefficient (Wildman–Crippen LogP) is 4.96. The van der Waals surface area contributed by atoms with Crippen LogP contribution >= 0.6 is 11.3 Å². The smallest absolute Gasteiger partial charge is 0.265 e. The van der Waals surface area contributed by atoms with Gasteiger partial charge in [0.1, 0.15) is 16.4 Å². The third kappa shape index (κ3) is 3.78. The molecule has 0 radical (unpaired) electrons. The molecule has 2 aromatic heterocycles. The first-order chi connectivity index (χ1) is 15.5. The molecule has 0 spiro atoms. The number of halogens is 1. The summed E-state index contributed by atoms with van der Waals surface area (Å²) in [6, 6.07) is 16.3. The minimum absolute atomic E-state index is 0.208. The maximum Gasteiger partial charge on any atom is 0.265 e. The molecule has 0 saturated carbocycles. The highest BCUT2D eigenvalue weighted by molar-refractivity contribution is 7.20. The van der Waals surface area contributed by atoms with E-state index in [9.17, 15) is 14.0 Å². The van der Waals surface area contributed by atoms with Gasteiger partial charge in [0.2, 0.25) is 0 Å². The zero-order valence-corrected chi connectivity index (χ0v) is 18.3. The Kier molecular flexibility index (Phi) is 5.22. The number of amides is 1. The molecule has 6 nitrogen and oxygen atoms in total. The van der Waals surface area contributed by atoms with E-state index in [4.69, 9.17) is 0 Å². The molecule has 3 heterocycles. The van der Waals surface area contributed by atoms with Gasteiger partial charge in [0.25, 0.3) is 5.91 Å². The molecule has 0 aliphatic carbocycles. The molecule has 2 aromatic carbocycles. The second kappa shape index (κ2) is 8.20. The first-order valence-corrected chi connectivity index (χ1v) is 11.2. The van der Waals surface area contributed by atoms with Gasteiger partial charge in [-0.3, -0.25) is 9.59 Å². The number of carbonyl (C=O) groups excluding carboxylic acids is 2. The number of benzene rings is 2. The zero-order chi connectivity index (χ0) is 22.2. The molecular weight excluding hydrogens is 427 g/mol. The molecule has 1 saturated heterocycles. The number of aromatic nitrogens is 2. The normalized spacial score (nSPS) is 14.2. The Bertz CT molecular complexity index is 1320. The Morgan fingerprint density at radius 3 is 2.56 bits per heavy atom. The summed E-state index contributed by atoms with van der Waals surface area (Å²) < 4.78 is 16.5. The Morgan fingerprint density at radius 2 is 1.84 bits per heavy atom. The van der Waals surface area contributed by atoms with E-state index in [0.29, 0.717) is 42.2 Å². The lowest BCUT2D eigenvalue weighted by Gasteiger charge is -2.28. The summed E-state index contributed by atoms with van der Waals surface area (Å²) in [5.74, 6) is -0.496. The fourth-order valence-corrected chi connectivity index (χ4v) is 5.01. The number of hydrogen-bond donors (Lipinski definition) is 1. The molecule has 1 aliphatic heterocycles. The molecule has 0 unspecified atom stereocenters. The van der Waals surface area contributed by atoms with Gasteiger partial charge in [-0.05, 0) is 43.3 Å². The number of hydrogen-bond acceptors (Lipinski definition) is 5. The maximum absolute atomic E-state index is 14.7. The minimum atomic E-state index is -0.413. The number of nitrogens with zero attached hydrogens (tertiary/aromatic N) is 3. The SMILES string of the molecule is Cc1nn(-c2ccccc2)c2sc(C(=O)Nc3ccc(N4CCC(=O)CC4)c(F)c3)cc12. The summed E-state index contributed by atoms with van der Waals surface area (Å²) in [5, 5.41) is 8.31. The number of carbonyl (C=O) groups is 2. The van der Waals surface area contributed by atoms with Crippen LogP contribution in [0.3, 0.4) is 0 Å². The molecule has 0 atom stereocenters. The number of piperidine rings is 1. The molecule has 0 bridgehead atoms. The average molecular weight is 449 g/mol. The summed E-state index contributed by atoms with van der Waals surface area (Å²) in [6.45, 7) is 2.94. The van der Waals surface area contributed by atoms with Crippen molar-refractivity contribution in [3.8, 4) is 5.69 Å².